The van der Waals surface area contributed by atoms with Crippen molar-refractivity contribution in [2.75, 3.05) is 0 Å². The standard InChI is InChI=1S/C10H22O2.2C7H6O2/c1-7(2)8(11)6-9(12)10(3,4)5;2*8-7(9)6-4-2-1-3-5-6/h7-9,11-12H,6H2,1-5H3;2*1-5H,(H,8,9). The summed E-state index contributed by atoms with van der Waals surface area (Å²) < 4.78 is 0. The Hall–Kier alpha value is -2.70. The number of aromatic carboxylic acids is 2. The van der Waals surface area contributed by atoms with Gasteiger partial charge in [0.15, 0.2) is 0 Å². The number of aliphatic hydroxyl groups excluding tert-OH is 2. The molecule has 30 heavy (non-hydrogen) atoms. The molecule has 0 aliphatic heterocycles. The molecule has 0 spiro atoms. The topological polar surface area (TPSA) is 115 Å². The summed E-state index contributed by atoms with van der Waals surface area (Å²) in [6.07, 6.45) is -0.338. The zero-order valence-electron chi connectivity index (χ0n) is 18.3. The maximum Gasteiger partial charge on any atom is 0.335 e. The highest BCUT2D eigenvalue weighted by Gasteiger charge is 2.25. The molecule has 2 atom stereocenters. The van der Waals surface area contributed by atoms with Gasteiger partial charge in [0, 0.05) is 0 Å². The molecule has 0 aliphatic carbocycles. The first-order valence-corrected chi connectivity index (χ1v) is 9.79. The molecule has 0 bridgehead atoms. The van der Waals surface area contributed by atoms with E-state index in [4.69, 9.17) is 10.2 Å². The second kappa shape index (κ2) is 13.5. The lowest BCUT2D eigenvalue weighted by Crippen LogP contribution is -2.32. The quantitative estimate of drug-likeness (QED) is 0.565. The first-order valence-electron chi connectivity index (χ1n) is 9.79. The third-order valence-corrected chi connectivity index (χ3v) is 4.28. The van der Waals surface area contributed by atoms with Crippen LogP contribution in [-0.4, -0.2) is 44.6 Å². The highest BCUT2D eigenvalue weighted by molar-refractivity contribution is 5.87. The molecule has 0 radical (unpaired) electrons. The summed E-state index contributed by atoms with van der Waals surface area (Å²) in [5.74, 6) is -1.53. The van der Waals surface area contributed by atoms with Crippen molar-refractivity contribution in [1.82, 2.24) is 0 Å². The Kier molecular flexibility index (Phi) is 12.3. The number of carboxylic acid groups (broad SMARTS) is 2. The van der Waals surface area contributed by atoms with Gasteiger partial charge in [-0.3, -0.25) is 0 Å². The predicted octanol–water partition coefficient (Wildman–Crippen LogP) is 4.57. The fraction of sp³-hybridized carbons (Fsp3) is 0.417. The van der Waals surface area contributed by atoms with E-state index in [1.807, 2.05) is 34.6 Å². The first-order chi connectivity index (χ1) is 13.9. The molecule has 0 saturated carbocycles. The van der Waals surface area contributed by atoms with Crippen molar-refractivity contribution in [2.45, 2.75) is 53.2 Å². The molecule has 0 amide bonds. The van der Waals surface area contributed by atoms with Crippen molar-refractivity contribution in [3.8, 4) is 0 Å². The fourth-order valence-corrected chi connectivity index (χ4v) is 2.02. The van der Waals surface area contributed by atoms with E-state index in [2.05, 4.69) is 0 Å². The van der Waals surface area contributed by atoms with Gasteiger partial charge < -0.3 is 20.4 Å². The van der Waals surface area contributed by atoms with Crippen molar-refractivity contribution in [1.29, 1.82) is 0 Å². The van der Waals surface area contributed by atoms with Crippen molar-refractivity contribution >= 4 is 11.9 Å². The van der Waals surface area contributed by atoms with E-state index in [0.717, 1.165) is 0 Å². The number of hydrogen-bond acceptors (Lipinski definition) is 4. The Bertz CT molecular complexity index is 686. The Morgan fingerprint density at radius 2 is 1.10 bits per heavy atom. The van der Waals surface area contributed by atoms with Crippen LogP contribution in [0.3, 0.4) is 0 Å². The van der Waals surface area contributed by atoms with E-state index >= 15 is 0 Å². The van der Waals surface area contributed by atoms with Crippen LogP contribution in [0.2, 0.25) is 0 Å². The summed E-state index contributed by atoms with van der Waals surface area (Å²) in [7, 11) is 0. The van der Waals surface area contributed by atoms with Gasteiger partial charge in [-0.1, -0.05) is 71.0 Å². The maximum absolute atomic E-state index is 10.2. The van der Waals surface area contributed by atoms with Gasteiger partial charge in [-0.15, -0.1) is 0 Å². The first kappa shape index (κ1) is 27.3. The predicted molar refractivity (Wildman–Crippen MR) is 118 cm³/mol. The summed E-state index contributed by atoms with van der Waals surface area (Å²) in [6, 6.07) is 16.6. The number of rotatable bonds is 5. The average molecular weight is 419 g/mol. The van der Waals surface area contributed by atoms with Gasteiger partial charge in [0.25, 0.3) is 0 Å². The van der Waals surface area contributed by atoms with Crippen molar-refractivity contribution in [3.63, 3.8) is 0 Å². The monoisotopic (exact) mass is 418 g/mol. The molecule has 0 saturated heterocycles. The largest absolute Gasteiger partial charge is 0.478 e. The van der Waals surface area contributed by atoms with E-state index in [1.165, 1.54) is 0 Å². The SMILES string of the molecule is CC(C)C(O)CC(O)C(C)(C)C.O=C(O)c1ccccc1.O=C(O)c1ccccc1. The summed E-state index contributed by atoms with van der Waals surface area (Å²) >= 11 is 0. The van der Waals surface area contributed by atoms with Crippen LogP contribution < -0.4 is 0 Å². The van der Waals surface area contributed by atoms with Gasteiger partial charge in [-0.2, -0.15) is 0 Å². The molecule has 2 rings (SSSR count). The van der Waals surface area contributed by atoms with Gasteiger partial charge in [-0.05, 0) is 42.0 Å². The molecular weight excluding hydrogens is 384 g/mol. The minimum Gasteiger partial charge on any atom is -0.478 e. The summed E-state index contributed by atoms with van der Waals surface area (Å²) in [6.45, 7) is 9.85. The van der Waals surface area contributed by atoms with Crippen molar-refractivity contribution < 1.29 is 30.0 Å². The van der Waals surface area contributed by atoms with Gasteiger partial charge >= 0.3 is 11.9 Å². The lowest BCUT2D eigenvalue weighted by Gasteiger charge is -2.28. The third-order valence-electron chi connectivity index (χ3n) is 4.28. The van der Waals surface area contributed by atoms with E-state index < -0.39 is 18.0 Å². The molecule has 166 valence electrons. The minimum atomic E-state index is -0.879. The number of benzene rings is 2. The van der Waals surface area contributed by atoms with Crippen LogP contribution in [0.25, 0.3) is 0 Å². The summed E-state index contributed by atoms with van der Waals surface area (Å²) in [4.78, 5) is 20.4. The molecule has 0 heterocycles. The molecule has 0 aromatic heterocycles. The number of aliphatic hydroxyl groups is 2. The van der Waals surface area contributed by atoms with E-state index in [-0.39, 0.29) is 17.4 Å². The van der Waals surface area contributed by atoms with Gasteiger partial charge in [0.05, 0.1) is 23.3 Å². The molecule has 0 aliphatic rings. The molecule has 4 N–H and O–H groups in total. The Morgan fingerprint density at radius 3 is 1.30 bits per heavy atom. The van der Waals surface area contributed by atoms with E-state index in [0.29, 0.717) is 17.5 Å². The molecule has 2 aromatic rings. The van der Waals surface area contributed by atoms with Gasteiger partial charge in [0.1, 0.15) is 0 Å². The normalized spacial score (nSPS) is 12.5. The number of carbonyl (C=O) groups is 2. The highest BCUT2D eigenvalue weighted by atomic mass is 16.4. The van der Waals surface area contributed by atoms with Crippen molar-refractivity contribution in [3.05, 3.63) is 71.8 Å². The van der Waals surface area contributed by atoms with Crippen LogP contribution in [-0.2, 0) is 0 Å². The van der Waals surface area contributed by atoms with Gasteiger partial charge in [-0.25, -0.2) is 9.59 Å². The molecule has 6 heteroatoms. The second-order valence-electron chi connectivity index (χ2n) is 8.27. The Labute approximate surface area is 178 Å². The van der Waals surface area contributed by atoms with Gasteiger partial charge in [0.2, 0.25) is 0 Å². The average Bonchev–Trinajstić information content (AvgIpc) is 2.69. The molecule has 6 nitrogen and oxygen atoms in total. The molecule has 2 aromatic carbocycles. The van der Waals surface area contributed by atoms with Crippen LogP contribution in [0, 0.1) is 11.3 Å². The van der Waals surface area contributed by atoms with Crippen molar-refractivity contribution in [2.24, 2.45) is 11.3 Å². The zero-order valence-corrected chi connectivity index (χ0v) is 18.3. The minimum absolute atomic E-state index is 0.129. The van der Waals surface area contributed by atoms with E-state index in [9.17, 15) is 19.8 Å². The fourth-order valence-electron chi connectivity index (χ4n) is 2.02. The number of carboxylic acids is 2. The lowest BCUT2D eigenvalue weighted by molar-refractivity contribution is -0.000375. The summed E-state index contributed by atoms with van der Waals surface area (Å²) in [5, 5.41) is 35.9. The van der Waals surface area contributed by atoms with Crippen LogP contribution in [0.4, 0.5) is 0 Å². The third kappa shape index (κ3) is 12.0. The lowest BCUT2D eigenvalue weighted by atomic mass is 9.84. The Balaban J connectivity index is 0.000000426. The molecule has 0 fully saturated rings. The van der Waals surface area contributed by atoms with Crippen LogP contribution in [0.15, 0.2) is 60.7 Å². The van der Waals surface area contributed by atoms with Crippen LogP contribution in [0.5, 0.6) is 0 Å². The van der Waals surface area contributed by atoms with E-state index in [1.54, 1.807) is 60.7 Å². The maximum atomic E-state index is 10.2. The van der Waals surface area contributed by atoms with Crippen LogP contribution >= 0.6 is 0 Å². The smallest absolute Gasteiger partial charge is 0.335 e. The second-order valence-corrected chi connectivity index (χ2v) is 8.27. The molecule has 2 unspecified atom stereocenters. The van der Waals surface area contributed by atoms with Crippen LogP contribution in [0.1, 0.15) is 61.8 Å². The highest BCUT2D eigenvalue weighted by Crippen LogP contribution is 2.24. The zero-order chi connectivity index (χ0) is 23.3. The summed E-state index contributed by atoms with van der Waals surface area (Å²) in [5.41, 5.74) is 0.533. The number of hydrogen-bond donors (Lipinski definition) is 4. The Morgan fingerprint density at radius 1 is 0.767 bits per heavy atom. The molecular formula is C24H34O6.